The largest absolute Gasteiger partial charge is 0.321 e. The molecule has 5 rings (SSSR count). The van der Waals surface area contributed by atoms with Crippen LogP contribution in [0.1, 0.15) is 10.4 Å². The van der Waals surface area contributed by atoms with Gasteiger partial charge in [-0.05, 0) is 23.6 Å². The van der Waals surface area contributed by atoms with Crippen molar-refractivity contribution < 1.29 is 4.79 Å². The highest BCUT2D eigenvalue weighted by molar-refractivity contribution is 6.11. The SMILES string of the molecule is O=C(Nc1cccc2ccccc12)c1cnn(-c2ccccc2)c1-c1ccccc1. The highest BCUT2D eigenvalue weighted by Crippen LogP contribution is 2.29. The van der Waals surface area contributed by atoms with Gasteiger partial charge in [0.15, 0.2) is 0 Å². The lowest BCUT2D eigenvalue weighted by Crippen LogP contribution is -2.13. The van der Waals surface area contributed by atoms with E-state index in [0.717, 1.165) is 33.4 Å². The van der Waals surface area contributed by atoms with Crippen LogP contribution in [-0.4, -0.2) is 15.7 Å². The van der Waals surface area contributed by atoms with Crippen molar-refractivity contribution in [2.24, 2.45) is 0 Å². The highest BCUT2D eigenvalue weighted by Gasteiger charge is 2.20. The zero-order valence-corrected chi connectivity index (χ0v) is 16.2. The summed E-state index contributed by atoms with van der Waals surface area (Å²) in [5, 5.41) is 9.71. The molecule has 0 aliphatic rings. The van der Waals surface area contributed by atoms with E-state index >= 15 is 0 Å². The van der Waals surface area contributed by atoms with Crippen molar-refractivity contribution in [3.05, 3.63) is 115 Å². The molecule has 0 saturated carbocycles. The van der Waals surface area contributed by atoms with Crippen molar-refractivity contribution in [3.63, 3.8) is 0 Å². The molecule has 30 heavy (non-hydrogen) atoms. The summed E-state index contributed by atoms with van der Waals surface area (Å²) >= 11 is 0. The van der Waals surface area contributed by atoms with Gasteiger partial charge >= 0.3 is 0 Å². The molecule has 1 aromatic heterocycles. The zero-order chi connectivity index (χ0) is 20.3. The molecule has 0 spiro atoms. The van der Waals surface area contributed by atoms with Crippen LogP contribution in [0.2, 0.25) is 0 Å². The normalized spacial score (nSPS) is 10.8. The van der Waals surface area contributed by atoms with Crippen LogP contribution in [0.3, 0.4) is 0 Å². The number of aromatic nitrogens is 2. The van der Waals surface area contributed by atoms with Crippen LogP contribution in [0.5, 0.6) is 0 Å². The van der Waals surface area contributed by atoms with Gasteiger partial charge < -0.3 is 5.32 Å². The van der Waals surface area contributed by atoms with E-state index in [9.17, 15) is 4.79 Å². The number of nitrogens with one attached hydrogen (secondary N) is 1. The lowest BCUT2D eigenvalue weighted by atomic mass is 10.1. The number of fused-ring (bicyclic) bond motifs is 1. The molecule has 0 radical (unpaired) electrons. The topological polar surface area (TPSA) is 46.9 Å². The van der Waals surface area contributed by atoms with Gasteiger partial charge in [-0.3, -0.25) is 4.79 Å². The molecule has 5 aromatic rings. The van der Waals surface area contributed by atoms with Crippen LogP contribution in [-0.2, 0) is 0 Å². The van der Waals surface area contributed by atoms with Gasteiger partial charge in [0.1, 0.15) is 0 Å². The number of anilines is 1. The molecule has 0 atom stereocenters. The summed E-state index contributed by atoms with van der Waals surface area (Å²) in [6.07, 6.45) is 1.63. The number of carbonyl (C=O) groups excluding carboxylic acids is 1. The molecule has 144 valence electrons. The minimum Gasteiger partial charge on any atom is -0.321 e. The van der Waals surface area contributed by atoms with Gasteiger partial charge in [0.25, 0.3) is 5.91 Å². The summed E-state index contributed by atoms with van der Waals surface area (Å²) in [5.74, 6) is -0.188. The Labute approximate surface area is 174 Å². The average Bonchev–Trinajstić information content (AvgIpc) is 3.26. The maximum Gasteiger partial charge on any atom is 0.259 e. The monoisotopic (exact) mass is 389 g/mol. The predicted octanol–water partition coefficient (Wildman–Crippen LogP) is 5.94. The van der Waals surface area contributed by atoms with Crippen LogP contribution in [0.25, 0.3) is 27.7 Å². The van der Waals surface area contributed by atoms with Crippen LogP contribution in [0.4, 0.5) is 5.69 Å². The van der Waals surface area contributed by atoms with E-state index < -0.39 is 0 Å². The van der Waals surface area contributed by atoms with Crippen LogP contribution >= 0.6 is 0 Å². The van der Waals surface area contributed by atoms with E-state index in [1.54, 1.807) is 6.20 Å². The summed E-state index contributed by atoms with van der Waals surface area (Å²) in [4.78, 5) is 13.3. The standard InChI is InChI=1S/C26H19N3O/c30-26(28-24-17-9-13-19-10-7-8-16-22(19)24)23-18-27-29(21-14-5-2-6-15-21)25(23)20-11-3-1-4-12-20/h1-18H,(H,28,30). The highest BCUT2D eigenvalue weighted by atomic mass is 16.1. The summed E-state index contributed by atoms with van der Waals surface area (Å²) in [7, 11) is 0. The molecule has 1 heterocycles. The van der Waals surface area contributed by atoms with Crippen molar-refractivity contribution >= 4 is 22.4 Å². The van der Waals surface area contributed by atoms with E-state index in [0.29, 0.717) is 5.56 Å². The Kier molecular flexibility index (Phi) is 4.58. The second-order valence-corrected chi connectivity index (χ2v) is 7.00. The molecule has 0 bridgehead atoms. The third-order valence-electron chi connectivity index (χ3n) is 5.10. The van der Waals surface area contributed by atoms with E-state index in [4.69, 9.17) is 0 Å². The van der Waals surface area contributed by atoms with E-state index in [2.05, 4.69) is 10.4 Å². The third-order valence-corrected chi connectivity index (χ3v) is 5.10. The first kappa shape index (κ1) is 17.9. The number of benzene rings is 4. The second kappa shape index (κ2) is 7.68. The quantitative estimate of drug-likeness (QED) is 0.413. The first-order chi connectivity index (χ1) is 14.8. The van der Waals surface area contributed by atoms with Crippen molar-refractivity contribution in [2.45, 2.75) is 0 Å². The minimum absolute atomic E-state index is 0.188. The number of carbonyl (C=O) groups is 1. The Morgan fingerprint density at radius 1 is 0.733 bits per heavy atom. The fraction of sp³-hybridized carbons (Fsp3) is 0. The molecule has 0 unspecified atom stereocenters. The maximum absolute atomic E-state index is 13.3. The number of nitrogens with zero attached hydrogens (tertiary/aromatic N) is 2. The first-order valence-corrected chi connectivity index (χ1v) is 9.79. The lowest BCUT2D eigenvalue weighted by Gasteiger charge is -2.12. The van der Waals surface area contributed by atoms with Crippen LogP contribution in [0, 0.1) is 0 Å². The van der Waals surface area contributed by atoms with Crippen LogP contribution < -0.4 is 5.32 Å². The molecule has 4 aromatic carbocycles. The van der Waals surface area contributed by atoms with E-state index in [-0.39, 0.29) is 5.91 Å². The molecule has 0 aliphatic carbocycles. The minimum atomic E-state index is -0.188. The number of amides is 1. The summed E-state index contributed by atoms with van der Waals surface area (Å²) < 4.78 is 1.81. The van der Waals surface area contributed by atoms with E-state index in [1.807, 2.05) is 108 Å². The summed E-state index contributed by atoms with van der Waals surface area (Å²) in [6, 6.07) is 33.6. The van der Waals surface area contributed by atoms with Gasteiger partial charge in [-0.15, -0.1) is 0 Å². The Hall–Kier alpha value is -4.18. The predicted molar refractivity (Wildman–Crippen MR) is 121 cm³/mol. The fourth-order valence-corrected chi connectivity index (χ4v) is 3.68. The Bertz CT molecular complexity index is 1320. The number of hydrogen-bond donors (Lipinski definition) is 1. The molecule has 4 heteroatoms. The maximum atomic E-state index is 13.3. The molecular weight excluding hydrogens is 370 g/mol. The van der Waals surface area contributed by atoms with Crippen molar-refractivity contribution in [3.8, 4) is 16.9 Å². The average molecular weight is 389 g/mol. The molecule has 0 saturated heterocycles. The van der Waals surface area contributed by atoms with Crippen molar-refractivity contribution in [1.82, 2.24) is 9.78 Å². The second-order valence-electron chi connectivity index (χ2n) is 7.00. The third kappa shape index (κ3) is 3.25. The molecule has 1 N–H and O–H groups in total. The number of para-hydroxylation sites is 1. The summed E-state index contributed by atoms with van der Waals surface area (Å²) in [6.45, 7) is 0. The van der Waals surface area contributed by atoms with Gasteiger partial charge in [-0.25, -0.2) is 4.68 Å². The van der Waals surface area contributed by atoms with Crippen molar-refractivity contribution in [2.75, 3.05) is 5.32 Å². The lowest BCUT2D eigenvalue weighted by molar-refractivity contribution is 0.102. The van der Waals surface area contributed by atoms with Gasteiger partial charge in [0, 0.05) is 16.6 Å². The van der Waals surface area contributed by atoms with Crippen LogP contribution in [0.15, 0.2) is 109 Å². The molecule has 4 nitrogen and oxygen atoms in total. The summed E-state index contributed by atoms with van der Waals surface area (Å²) in [5.41, 5.74) is 3.91. The Morgan fingerprint density at radius 2 is 1.40 bits per heavy atom. The van der Waals surface area contributed by atoms with Gasteiger partial charge in [-0.1, -0.05) is 84.9 Å². The van der Waals surface area contributed by atoms with E-state index in [1.165, 1.54) is 0 Å². The number of rotatable bonds is 4. The van der Waals surface area contributed by atoms with Gasteiger partial charge in [-0.2, -0.15) is 5.10 Å². The first-order valence-electron chi connectivity index (χ1n) is 9.79. The smallest absolute Gasteiger partial charge is 0.259 e. The molecule has 1 amide bonds. The molecule has 0 fully saturated rings. The number of hydrogen-bond acceptors (Lipinski definition) is 2. The Morgan fingerprint density at radius 3 is 2.20 bits per heavy atom. The fourth-order valence-electron chi connectivity index (χ4n) is 3.68. The Balaban J connectivity index is 1.60. The van der Waals surface area contributed by atoms with Gasteiger partial charge in [0.2, 0.25) is 0 Å². The zero-order valence-electron chi connectivity index (χ0n) is 16.2. The van der Waals surface area contributed by atoms with Crippen molar-refractivity contribution in [1.29, 1.82) is 0 Å². The molecule has 0 aliphatic heterocycles. The molecular formula is C26H19N3O. The van der Waals surface area contributed by atoms with Gasteiger partial charge in [0.05, 0.1) is 23.1 Å².